The number of hydrogen-bond acceptors (Lipinski definition) is 3. The number of hydrogen-bond donors (Lipinski definition) is 1. The van der Waals surface area contributed by atoms with E-state index in [1.165, 1.54) is 16.8 Å². The van der Waals surface area contributed by atoms with Crippen molar-refractivity contribution in [2.45, 2.75) is 6.61 Å². The van der Waals surface area contributed by atoms with Gasteiger partial charge in [0.15, 0.2) is 0 Å². The summed E-state index contributed by atoms with van der Waals surface area (Å²) in [6, 6.07) is 7.20. The predicted octanol–water partition coefficient (Wildman–Crippen LogP) is 1.16. The number of H-pyrrole nitrogens is 1. The van der Waals surface area contributed by atoms with Gasteiger partial charge in [0, 0.05) is 38.0 Å². The van der Waals surface area contributed by atoms with Crippen LogP contribution < -0.4 is 11.2 Å². The van der Waals surface area contributed by atoms with Gasteiger partial charge in [0.2, 0.25) is 0 Å². The van der Waals surface area contributed by atoms with Crippen molar-refractivity contribution in [2.24, 2.45) is 7.05 Å². The molecule has 2 aromatic heterocycles. The number of fused-ring (bicyclic) bond motifs is 1. The second-order valence-corrected chi connectivity index (χ2v) is 4.89. The molecule has 6 heteroatoms. The number of nitrogens with one attached hydrogen (secondary N) is 1. The second-order valence-electron chi connectivity index (χ2n) is 4.89. The van der Waals surface area contributed by atoms with Gasteiger partial charge in [-0.1, -0.05) is 0 Å². The molecule has 0 spiro atoms. The Morgan fingerprint density at radius 2 is 2.00 bits per heavy atom. The predicted molar refractivity (Wildman–Crippen MR) is 79.8 cm³/mol. The summed E-state index contributed by atoms with van der Waals surface area (Å²) in [5, 5.41) is 0.937. The smallest absolute Gasteiger partial charge is 0.332 e. The summed E-state index contributed by atoms with van der Waals surface area (Å²) in [5.74, 6) is 0. The number of benzene rings is 1. The standard InChI is InChI=1S/C15H15N3O3/c1-17-5-3-11-12(17)7-10(9-21-2)8-13(11)18-6-4-14(19)16-15(18)20/h3-8H,9H2,1-2H3,(H,16,19,20). The molecule has 0 unspecified atom stereocenters. The van der Waals surface area contributed by atoms with Gasteiger partial charge in [0.25, 0.3) is 5.56 Å². The lowest BCUT2D eigenvalue weighted by Gasteiger charge is -2.10. The summed E-state index contributed by atoms with van der Waals surface area (Å²) in [7, 11) is 3.57. The van der Waals surface area contributed by atoms with Gasteiger partial charge >= 0.3 is 5.69 Å². The zero-order chi connectivity index (χ0) is 15.0. The van der Waals surface area contributed by atoms with Crippen LogP contribution >= 0.6 is 0 Å². The molecular weight excluding hydrogens is 270 g/mol. The second kappa shape index (κ2) is 5.06. The highest BCUT2D eigenvalue weighted by molar-refractivity contribution is 5.89. The Bertz CT molecular complexity index is 918. The minimum atomic E-state index is -0.456. The molecule has 0 aliphatic rings. The Morgan fingerprint density at radius 3 is 2.71 bits per heavy atom. The molecule has 0 bridgehead atoms. The number of methoxy groups -OCH3 is 1. The molecule has 0 saturated carbocycles. The molecular formula is C15H15N3O3. The molecule has 3 rings (SSSR count). The lowest BCUT2D eigenvalue weighted by atomic mass is 10.1. The minimum Gasteiger partial charge on any atom is -0.380 e. The summed E-state index contributed by atoms with van der Waals surface area (Å²) in [6.45, 7) is 0.451. The van der Waals surface area contributed by atoms with Crippen LogP contribution in [0.15, 0.2) is 46.2 Å². The van der Waals surface area contributed by atoms with Crippen molar-refractivity contribution in [2.75, 3.05) is 7.11 Å². The zero-order valence-corrected chi connectivity index (χ0v) is 11.8. The fourth-order valence-electron chi connectivity index (χ4n) is 2.47. The third-order valence-electron chi connectivity index (χ3n) is 3.44. The highest BCUT2D eigenvalue weighted by Gasteiger charge is 2.10. The Kier molecular flexibility index (Phi) is 3.23. The molecule has 0 amide bonds. The first-order chi connectivity index (χ1) is 10.1. The van der Waals surface area contributed by atoms with Crippen molar-refractivity contribution in [3.63, 3.8) is 0 Å². The van der Waals surface area contributed by atoms with Gasteiger partial charge in [0.1, 0.15) is 0 Å². The van der Waals surface area contributed by atoms with Crippen LogP contribution in [0.2, 0.25) is 0 Å². The third-order valence-corrected chi connectivity index (χ3v) is 3.44. The Balaban J connectivity index is 2.34. The summed E-state index contributed by atoms with van der Waals surface area (Å²) in [4.78, 5) is 25.5. The maximum atomic E-state index is 12.0. The van der Waals surface area contributed by atoms with Crippen molar-refractivity contribution in [1.82, 2.24) is 14.1 Å². The average Bonchev–Trinajstić information content (AvgIpc) is 2.81. The molecule has 0 saturated heterocycles. The molecule has 0 atom stereocenters. The van der Waals surface area contributed by atoms with E-state index in [4.69, 9.17) is 4.74 Å². The molecule has 0 fully saturated rings. The van der Waals surface area contributed by atoms with Crippen LogP contribution in [0.1, 0.15) is 5.56 Å². The molecule has 108 valence electrons. The van der Waals surface area contributed by atoms with Crippen LogP contribution in [0.3, 0.4) is 0 Å². The van der Waals surface area contributed by atoms with E-state index >= 15 is 0 Å². The fraction of sp³-hybridized carbons (Fsp3) is 0.200. The third kappa shape index (κ3) is 2.30. The number of rotatable bonds is 3. The SMILES string of the molecule is COCc1cc(-n2ccc(=O)[nH]c2=O)c2ccn(C)c2c1. The van der Waals surface area contributed by atoms with E-state index in [9.17, 15) is 9.59 Å². The van der Waals surface area contributed by atoms with Crippen molar-refractivity contribution in [1.29, 1.82) is 0 Å². The fourth-order valence-corrected chi connectivity index (χ4v) is 2.47. The Morgan fingerprint density at radius 1 is 1.19 bits per heavy atom. The van der Waals surface area contributed by atoms with Crippen LogP contribution in [0.25, 0.3) is 16.6 Å². The first-order valence-electron chi connectivity index (χ1n) is 6.49. The molecule has 1 N–H and O–H groups in total. The monoisotopic (exact) mass is 285 g/mol. The lowest BCUT2D eigenvalue weighted by Crippen LogP contribution is -2.27. The normalized spacial score (nSPS) is 11.1. The number of aromatic amines is 1. The highest BCUT2D eigenvalue weighted by atomic mass is 16.5. The van der Waals surface area contributed by atoms with Crippen LogP contribution in [0.4, 0.5) is 0 Å². The summed E-state index contributed by atoms with van der Waals surface area (Å²) < 4.78 is 8.59. The van der Waals surface area contributed by atoms with Crippen LogP contribution in [0, 0.1) is 0 Å². The molecule has 0 radical (unpaired) electrons. The highest BCUT2D eigenvalue weighted by Crippen LogP contribution is 2.24. The van der Waals surface area contributed by atoms with E-state index in [0.29, 0.717) is 6.61 Å². The van der Waals surface area contributed by atoms with Crippen LogP contribution in [-0.2, 0) is 18.4 Å². The van der Waals surface area contributed by atoms with E-state index < -0.39 is 11.2 Å². The largest absolute Gasteiger partial charge is 0.380 e. The summed E-state index contributed by atoms with van der Waals surface area (Å²) in [6.07, 6.45) is 3.42. The maximum Gasteiger partial charge on any atom is 0.332 e. The quantitative estimate of drug-likeness (QED) is 0.785. The molecule has 3 aromatic rings. The summed E-state index contributed by atoms with van der Waals surface area (Å²) >= 11 is 0. The number of nitrogens with zero attached hydrogens (tertiary/aromatic N) is 2. The topological polar surface area (TPSA) is 69.0 Å². The Labute approximate surface area is 120 Å². The van der Waals surface area contributed by atoms with Crippen LogP contribution in [0.5, 0.6) is 0 Å². The van der Waals surface area contributed by atoms with Gasteiger partial charge in [-0.2, -0.15) is 0 Å². The van der Waals surface area contributed by atoms with Gasteiger partial charge in [0.05, 0.1) is 17.8 Å². The van der Waals surface area contributed by atoms with E-state index in [0.717, 1.165) is 22.2 Å². The molecule has 0 aliphatic heterocycles. The first-order valence-corrected chi connectivity index (χ1v) is 6.49. The van der Waals surface area contributed by atoms with Gasteiger partial charge in [-0.3, -0.25) is 14.3 Å². The van der Waals surface area contributed by atoms with Gasteiger partial charge in [-0.15, -0.1) is 0 Å². The number of aromatic nitrogens is 3. The number of ether oxygens (including phenoxy) is 1. The van der Waals surface area contributed by atoms with Crippen molar-refractivity contribution < 1.29 is 4.74 Å². The van der Waals surface area contributed by atoms with Gasteiger partial charge < -0.3 is 9.30 Å². The van der Waals surface area contributed by atoms with Crippen molar-refractivity contribution in [3.05, 3.63) is 63.1 Å². The summed E-state index contributed by atoms with van der Waals surface area (Å²) in [5.41, 5.74) is 1.81. The van der Waals surface area contributed by atoms with E-state index in [2.05, 4.69) is 4.98 Å². The van der Waals surface area contributed by atoms with E-state index in [1.54, 1.807) is 7.11 Å². The molecule has 21 heavy (non-hydrogen) atoms. The molecule has 6 nitrogen and oxygen atoms in total. The number of aryl methyl sites for hydroxylation is 1. The maximum absolute atomic E-state index is 12.0. The lowest BCUT2D eigenvalue weighted by molar-refractivity contribution is 0.185. The van der Waals surface area contributed by atoms with Gasteiger partial charge in [-0.05, 0) is 23.8 Å². The minimum absolute atomic E-state index is 0.409. The van der Waals surface area contributed by atoms with Crippen molar-refractivity contribution >= 4 is 10.9 Å². The van der Waals surface area contributed by atoms with E-state index in [1.807, 2.05) is 36.0 Å². The van der Waals surface area contributed by atoms with Crippen LogP contribution in [-0.4, -0.2) is 21.2 Å². The van der Waals surface area contributed by atoms with E-state index in [-0.39, 0.29) is 0 Å². The molecule has 2 heterocycles. The molecule has 1 aromatic carbocycles. The van der Waals surface area contributed by atoms with Crippen molar-refractivity contribution in [3.8, 4) is 5.69 Å². The van der Waals surface area contributed by atoms with Gasteiger partial charge in [-0.25, -0.2) is 4.79 Å². The first kappa shape index (κ1) is 13.4. The molecule has 0 aliphatic carbocycles. The zero-order valence-electron chi connectivity index (χ0n) is 11.8. The average molecular weight is 285 g/mol. The Hall–Kier alpha value is -2.60.